The van der Waals surface area contributed by atoms with Crippen LogP contribution >= 0.6 is 0 Å². The Morgan fingerprint density at radius 1 is 0.300 bits per heavy atom. The van der Waals surface area contributed by atoms with Crippen LogP contribution in [-0.2, 0) is 28.6 Å². The van der Waals surface area contributed by atoms with Crippen molar-refractivity contribution in [2.45, 2.75) is 329 Å². The second kappa shape index (κ2) is 58.9. The Labute approximate surface area is 435 Å². The summed E-state index contributed by atoms with van der Waals surface area (Å²) >= 11 is 0. The van der Waals surface area contributed by atoms with Crippen molar-refractivity contribution in [3.8, 4) is 0 Å². The van der Waals surface area contributed by atoms with Crippen LogP contribution in [0.4, 0.5) is 0 Å². The van der Waals surface area contributed by atoms with Crippen LogP contribution < -0.4 is 0 Å². The Balaban J connectivity index is 4.30. The van der Waals surface area contributed by atoms with E-state index >= 15 is 0 Å². The van der Waals surface area contributed by atoms with Crippen LogP contribution in [0.2, 0.25) is 0 Å². The molecule has 0 radical (unpaired) electrons. The van der Waals surface area contributed by atoms with E-state index in [2.05, 4.69) is 69.4 Å². The fraction of sp³-hybridized carbons (Fsp3) is 0.828. The summed E-state index contributed by atoms with van der Waals surface area (Å²) < 4.78 is 16.9. The zero-order valence-corrected chi connectivity index (χ0v) is 46.8. The molecule has 0 aliphatic heterocycles. The summed E-state index contributed by atoms with van der Waals surface area (Å²) in [7, 11) is 0. The number of ether oxygens (including phenoxy) is 3. The maximum Gasteiger partial charge on any atom is 0.306 e. The number of hydrogen-bond donors (Lipinski definition) is 0. The Morgan fingerprint density at radius 3 is 0.871 bits per heavy atom. The van der Waals surface area contributed by atoms with Crippen LogP contribution in [0.3, 0.4) is 0 Å². The first-order valence-electron chi connectivity index (χ1n) is 30.6. The lowest BCUT2D eigenvalue weighted by Gasteiger charge is -2.18. The highest BCUT2D eigenvalue weighted by Gasteiger charge is 2.19. The summed E-state index contributed by atoms with van der Waals surface area (Å²) in [5.74, 6) is -0.859. The summed E-state index contributed by atoms with van der Waals surface area (Å²) in [6, 6.07) is 0. The molecule has 0 saturated carbocycles. The number of hydrogen-bond acceptors (Lipinski definition) is 6. The van der Waals surface area contributed by atoms with Gasteiger partial charge in [0.1, 0.15) is 13.2 Å². The third-order valence-corrected chi connectivity index (χ3v) is 13.6. The molecule has 0 aromatic heterocycles. The van der Waals surface area contributed by atoms with Crippen LogP contribution in [0.15, 0.2) is 48.6 Å². The predicted octanol–water partition coefficient (Wildman–Crippen LogP) is 20.6. The summed E-state index contributed by atoms with van der Waals surface area (Å²) in [6.07, 6.45) is 72.5. The Bertz CT molecular complexity index is 1220. The molecular formula is C64H116O6. The van der Waals surface area contributed by atoms with Gasteiger partial charge in [-0.25, -0.2) is 0 Å². The fourth-order valence-electron chi connectivity index (χ4n) is 9.02. The first-order valence-corrected chi connectivity index (χ1v) is 30.6. The zero-order valence-electron chi connectivity index (χ0n) is 46.8. The summed E-state index contributed by atoms with van der Waals surface area (Å²) in [5, 5.41) is 0. The Morgan fingerprint density at radius 2 is 0.557 bits per heavy atom. The number of carbonyl (C=O) groups excluding carboxylic acids is 3. The molecule has 6 nitrogen and oxygen atoms in total. The second-order valence-corrected chi connectivity index (χ2v) is 20.6. The van der Waals surface area contributed by atoms with E-state index in [-0.39, 0.29) is 31.1 Å². The van der Waals surface area contributed by atoms with Gasteiger partial charge in [-0.15, -0.1) is 0 Å². The topological polar surface area (TPSA) is 78.9 Å². The highest BCUT2D eigenvalue weighted by atomic mass is 16.6. The Kier molecular flexibility index (Phi) is 56.7. The molecule has 0 saturated heterocycles. The van der Waals surface area contributed by atoms with E-state index < -0.39 is 6.10 Å². The van der Waals surface area contributed by atoms with E-state index in [9.17, 15) is 14.4 Å². The molecule has 0 N–H and O–H groups in total. The first-order chi connectivity index (χ1) is 34.5. The molecule has 0 fully saturated rings. The van der Waals surface area contributed by atoms with E-state index in [0.29, 0.717) is 19.3 Å². The molecule has 70 heavy (non-hydrogen) atoms. The van der Waals surface area contributed by atoms with Crippen molar-refractivity contribution in [2.75, 3.05) is 13.2 Å². The molecule has 0 heterocycles. The lowest BCUT2D eigenvalue weighted by atomic mass is 10.0. The van der Waals surface area contributed by atoms with Gasteiger partial charge in [-0.05, 0) is 57.8 Å². The van der Waals surface area contributed by atoms with Crippen molar-refractivity contribution in [3.63, 3.8) is 0 Å². The standard InChI is InChI=1S/C64H116O6/c1-4-7-10-13-16-19-22-25-27-29-31-32-34-35-37-39-42-45-48-51-54-57-63(66)69-60-61(59-68-62(65)56-53-50-47-44-41-24-21-18-15-12-9-6-3)70-64(67)58-55-52-49-46-43-40-38-36-33-30-28-26-23-20-17-14-11-8-5-2/h7,10,16,19,25,27,31-32,61H,4-6,8-9,11-15,17-18,20-24,26,28-30,33-60H2,1-3H3/b10-7-,19-16-,27-25-,32-31-. The van der Waals surface area contributed by atoms with Gasteiger partial charge in [-0.1, -0.05) is 294 Å². The maximum atomic E-state index is 12.9. The molecule has 0 rings (SSSR count). The molecule has 0 bridgehead atoms. The van der Waals surface area contributed by atoms with Crippen molar-refractivity contribution in [3.05, 3.63) is 48.6 Å². The normalized spacial score (nSPS) is 12.3. The largest absolute Gasteiger partial charge is 0.462 e. The molecule has 0 aromatic carbocycles. The monoisotopic (exact) mass is 981 g/mol. The molecule has 6 heteroatoms. The van der Waals surface area contributed by atoms with E-state index in [4.69, 9.17) is 14.2 Å². The fourth-order valence-corrected chi connectivity index (χ4v) is 9.02. The van der Waals surface area contributed by atoms with Gasteiger partial charge in [-0.2, -0.15) is 0 Å². The highest BCUT2D eigenvalue weighted by Crippen LogP contribution is 2.17. The summed E-state index contributed by atoms with van der Waals surface area (Å²) in [5.41, 5.74) is 0. The number of esters is 3. The van der Waals surface area contributed by atoms with Crippen molar-refractivity contribution in [1.82, 2.24) is 0 Å². The third-order valence-electron chi connectivity index (χ3n) is 13.6. The molecule has 1 atom stereocenters. The van der Waals surface area contributed by atoms with Crippen molar-refractivity contribution in [1.29, 1.82) is 0 Å². The van der Waals surface area contributed by atoms with E-state index in [1.807, 2.05) is 0 Å². The number of unbranched alkanes of at least 4 members (excludes halogenated alkanes) is 37. The van der Waals surface area contributed by atoms with Crippen LogP contribution in [0.1, 0.15) is 323 Å². The molecular weight excluding hydrogens is 865 g/mol. The van der Waals surface area contributed by atoms with Gasteiger partial charge in [0.2, 0.25) is 0 Å². The van der Waals surface area contributed by atoms with E-state index in [0.717, 1.165) is 89.9 Å². The van der Waals surface area contributed by atoms with Crippen LogP contribution in [0.5, 0.6) is 0 Å². The van der Waals surface area contributed by atoms with Gasteiger partial charge >= 0.3 is 17.9 Å². The van der Waals surface area contributed by atoms with Gasteiger partial charge < -0.3 is 14.2 Å². The molecule has 0 aliphatic rings. The number of carbonyl (C=O) groups is 3. The minimum atomic E-state index is -0.773. The molecule has 0 aromatic rings. The SMILES string of the molecule is CC/C=C\C/C=C\C/C=C\C/C=C\CCCCCCCCCCC(=O)OCC(COC(=O)CCCCCCCCCCCCCC)OC(=O)CCCCCCCCCCCCCCCCCCCCC. The quantitative estimate of drug-likeness (QED) is 0.0261. The van der Waals surface area contributed by atoms with Gasteiger partial charge in [-0.3, -0.25) is 14.4 Å². The lowest BCUT2D eigenvalue weighted by molar-refractivity contribution is -0.167. The van der Waals surface area contributed by atoms with Gasteiger partial charge in [0.05, 0.1) is 0 Å². The molecule has 0 aliphatic carbocycles. The number of allylic oxidation sites excluding steroid dienone is 8. The van der Waals surface area contributed by atoms with Gasteiger partial charge in [0.15, 0.2) is 6.10 Å². The van der Waals surface area contributed by atoms with Crippen molar-refractivity contribution >= 4 is 17.9 Å². The highest BCUT2D eigenvalue weighted by molar-refractivity contribution is 5.71. The van der Waals surface area contributed by atoms with E-state index in [1.165, 1.54) is 193 Å². The zero-order chi connectivity index (χ0) is 50.7. The molecule has 1 unspecified atom stereocenters. The average Bonchev–Trinajstić information content (AvgIpc) is 3.36. The third kappa shape index (κ3) is 56.3. The lowest BCUT2D eigenvalue weighted by Crippen LogP contribution is -2.30. The number of rotatable bonds is 56. The minimum absolute atomic E-state index is 0.0707. The smallest absolute Gasteiger partial charge is 0.306 e. The molecule has 0 spiro atoms. The molecule has 0 amide bonds. The van der Waals surface area contributed by atoms with Gasteiger partial charge in [0, 0.05) is 19.3 Å². The average molecular weight is 982 g/mol. The van der Waals surface area contributed by atoms with Crippen molar-refractivity contribution in [2.24, 2.45) is 0 Å². The first kappa shape index (κ1) is 67.4. The summed E-state index contributed by atoms with van der Waals surface area (Å²) in [6.45, 7) is 6.57. The second-order valence-electron chi connectivity index (χ2n) is 20.6. The van der Waals surface area contributed by atoms with Crippen LogP contribution in [0.25, 0.3) is 0 Å². The summed E-state index contributed by atoms with van der Waals surface area (Å²) in [4.78, 5) is 38.2. The van der Waals surface area contributed by atoms with Crippen LogP contribution in [-0.4, -0.2) is 37.2 Å². The minimum Gasteiger partial charge on any atom is -0.462 e. The maximum absolute atomic E-state index is 12.9. The van der Waals surface area contributed by atoms with Gasteiger partial charge in [0.25, 0.3) is 0 Å². The van der Waals surface area contributed by atoms with E-state index in [1.54, 1.807) is 0 Å². The van der Waals surface area contributed by atoms with Crippen molar-refractivity contribution < 1.29 is 28.6 Å². The molecule has 408 valence electrons. The van der Waals surface area contributed by atoms with Crippen LogP contribution in [0, 0.1) is 0 Å². The Hall–Kier alpha value is -2.63. The predicted molar refractivity (Wildman–Crippen MR) is 302 cm³/mol.